The first-order valence-electron chi connectivity index (χ1n) is 5.20. The lowest BCUT2D eigenvalue weighted by Crippen LogP contribution is -2.23. The Kier molecular flexibility index (Phi) is 3.01. The third-order valence-electron chi connectivity index (χ3n) is 2.81. The summed E-state index contributed by atoms with van der Waals surface area (Å²) < 4.78 is 0. The predicted molar refractivity (Wildman–Crippen MR) is 56.9 cm³/mol. The van der Waals surface area contributed by atoms with Crippen LogP contribution in [0, 0.1) is 5.92 Å². The molecule has 1 aromatic rings. The minimum atomic E-state index is -0.120. The Labute approximate surface area is 87.8 Å². The molecular weight excluding hydrogens is 194 g/mol. The third kappa shape index (κ3) is 2.36. The van der Waals surface area contributed by atoms with Crippen LogP contribution in [0.15, 0.2) is 17.2 Å². The van der Waals surface area contributed by atoms with E-state index in [1.54, 1.807) is 0 Å². The van der Waals surface area contributed by atoms with E-state index < -0.39 is 0 Å². The topological polar surface area (TPSA) is 69.2 Å². The molecule has 1 unspecified atom stereocenters. The van der Waals surface area contributed by atoms with Crippen molar-refractivity contribution in [3.05, 3.63) is 22.7 Å². The summed E-state index contributed by atoms with van der Waals surface area (Å²) in [5.41, 5.74) is -0.120. The third-order valence-corrected chi connectivity index (χ3v) is 2.81. The number of hydrogen-bond donors (Lipinski definition) is 2. The maximum absolute atomic E-state index is 11.1. The van der Waals surface area contributed by atoms with Crippen molar-refractivity contribution in [2.45, 2.75) is 12.8 Å². The Morgan fingerprint density at radius 1 is 1.67 bits per heavy atom. The molecule has 0 spiro atoms. The van der Waals surface area contributed by atoms with Crippen LogP contribution in [0.5, 0.6) is 0 Å². The highest BCUT2D eigenvalue weighted by atomic mass is 16.3. The predicted octanol–water partition coefficient (Wildman–Crippen LogP) is -0.0214. The smallest absolute Gasteiger partial charge is 0.252 e. The molecule has 0 aromatic carbocycles. The quantitative estimate of drug-likeness (QED) is 0.734. The number of H-pyrrole nitrogens is 1. The Morgan fingerprint density at radius 3 is 3.27 bits per heavy atom. The Bertz CT molecular complexity index is 377. The van der Waals surface area contributed by atoms with E-state index in [2.05, 4.69) is 14.9 Å². The van der Waals surface area contributed by atoms with Crippen molar-refractivity contribution in [1.29, 1.82) is 0 Å². The SMILES string of the molecule is O=c1cc(N2CCC(CCO)C2)nc[nH]1. The molecule has 1 aromatic heterocycles. The van der Waals surface area contributed by atoms with Gasteiger partial charge in [-0.3, -0.25) is 4.79 Å². The molecule has 2 rings (SSSR count). The molecule has 1 atom stereocenters. The summed E-state index contributed by atoms with van der Waals surface area (Å²) in [6, 6.07) is 1.52. The minimum absolute atomic E-state index is 0.120. The molecule has 82 valence electrons. The number of hydrogen-bond acceptors (Lipinski definition) is 4. The van der Waals surface area contributed by atoms with Crippen LogP contribution in [0.3, 0.4) is 0 Å². The molecule has 15 heavy (non-hydrogen) atoms. The summed E-state index contributed by atoms with van der Waals surface area (Å²) in [5, 5.41) is 8.84. The lowest BCUT2D eigenvalue weighted by Gasteiger charge is -2.16. The van der Waals surface area contributed by atoms with Gasteiger partial charge in [0.1, 0.15) is 5.82 Å². The van der Waals surface area contributed by atoms with E-state index in [0.29, 0.717) is 5.92 Å². The van der Waals surface area contributed by atoms with Crippen LogP contribution in [0.25, 0.3) is 0 Å². The van der Waals surface area contributed by atoms with E-state index in [0.717, 1.165) is 31.7 Å². The van der Waals surface area contributed by atoms with Crippen LogP contribution in [0.1, 0.15) is 12.8 Å². The van der Waals surface area contributed by atoms with Crippen molar-refractivity contribution in [2.75, 3.05) is 24.6 Å². The Morgan fingerprint density at radius 2 is 2.53 bits per heavy atom. The van der Waals surface area contributed by atoms with E-state index in [-0.39, 0.29) is 12.2 Å². The van der Waals surface area contributed by atoms with Gasteiger partial charge in [-0.2, -0.15) is 0 Å². The maximum atomic E-state index is 11.1. The highest BCUT2D eigenvalue weighted by Gasteiger charge is 2.22. The molecule has 1 saturated heterocycles. The van der Waals surface area contributed by atoms with Gasteiger partial charge in [0.15, 0.2) is 0 Å². The first-order valence-corrected chi connectivity index (χ1v) is 5.20. The number of anilines is 1. The second-order valence-electron chi connectivity index (χ2n) is 3.88. The highest BCUT2D eigenvalue weighted by molar-refractivity contribution is 5.37. The number of aliphatic hydroxyl groups is 1. The summed E-state index contributed by atoms with van der Waals surface area (Å²) in [4.78, 5) is 19.8. The molecule has 5 nitrogen and oxygen atoms in total. The fraction of sp³-hybridized carbons (Fsp3) is 0.600. The zero-order valence-electron chi connectivity index (χ0n) is 8.52. The summed E-state index contributed by atoms with van der Waals surface area (Å²) in [7, 11) is 0. The number of rotatable bonds is 3. The summed E-state index contributed by atoms with van der Waals surface area (Å²) in [6.45, 7) is 2.04. The Balaban J connectivity index is 2.04. The molecular formula is C10H15N3O2. The molecule has 5 heteroatoms. The molecule has 0 radical (unpaired) electrons. The zero-order valence-corrected chi connectivity index (χ0v) is 8.52. The number of aliphatic hydroxyl groups excluding tert-OH is 1. The van der Waals surface area contributed by atoms with E-state index in [9.17, 15) is 4.79 Å². The van der Waals surface area contributed by atoms with Crippen LogP contribution >= 0.6 is 0 Å². The second kappa shape index (κ2) is 4.44. The lowest BCUT2D eigenvalue weighted by molar-refractivity contribution is 0.263. The van der Waals surface area contributed by atoms with Gasteiger partial charge in [0.2, 0.25) is 0 Å². The summed E-state index contributed by atoms with van der Waals surface area (Å²) in [6.07, 6.45) is 3.33. The molecule has 0 amide bonds. The molecule has 0 bridgehead atoms. The molecule has 0 aliphatic carbocycles. The van der Waals surface area contributed by atoms with Gasteiger partial charge in [0.05, 0.1) is 6.33 Å². The lowest BCUT2D eigenvalue weighted by atomic mass is 10.1. The molecule has 2 heterocycles. The van der Waals surface area contributed by atoms with E-state index in [1.807, 2.05) is 0 Å². The van der Waals surface area contributed by atoms with Crippen LogP contribution in [0.2, 0.25) is 0 Å². The standard InChI is InChI=1S/C10H15N3O2/c14-4-2-8-1-3-13(6-8)9-5-10(15)12-7-11-9/h5,7-8,14H,1-4,6H2,(H,11,12,15). The molecule has 2 N–H and O–H groups in total. The van der Waals surface area contributed by atoms with Gasteiger partial charge in [-0.1, -0.05) is 0 Å². The molecule has 1 aliphatic rings. The highest BCUT2D eigenvalue weighted by Crippen LogP contribution is 2.22. The minimum Gasteiger partial charge on any atom is -0.396 e. The van der Waals surface area contributed by atoms with Gasteiger partial charge in [-0.05, 0) is 18.8 Å². The normalized spacial score (nSPS) is 20.9. The zero-order chi connectivity index (χ0) is 10.7. The van der Waals surface area contributed by atoms with Crippen LogP contribution in [-0.4, -0.2) is 34.8 Å². The average Bonchev–Trinajstić information content (AvgIpc) is 2.67. The summed E-state index contributed by atoms with van der Waals surface area (Å²) >= 11 is 0. The van der Waals surface area contributed by atoms with E-state index >= 15 is 0 Å². The first kappa shape index (κ1) is 10.2. The van der Waals surface area contributed by atoms with Crippen molar-refractivity contribution in [3.8, 4) is 0 Å². The fourth-order valence-corrected chi connectivity index (χ4v) is 1.99. The fourth-order valence-electron chi connectivity index (χ4n) is 1.99. The average molecular weight is 209 g/mol. The van der Waals surface area contributed by atoms with Gasteiger partial charge in [0, 0.05) is 25.8 Å². The van der Waals surface area contributed by atoms with Crippen molar-refractivity contribution in [1.82, 2.24) is 9.97 Å². The van der Waals surface area contributed by atoms with Gasteiger partial charge in [-0.25, -0.2) is 4.98 Å². The molecule has 1 aliphatic heterocycles. The summed E-state index contributed by atoms with van der Waals surface area (Å²) in [5.74, 6) is 1.26. The molecule has 1 fully saturated rings. The maximum Gasteiger partial charge on any atom is 0.252 e. The van der Waals surface area contributed by atoms with Crippen molar-refractivity contribution >= 4 is 5.82 Å². The van der Waals surface area contributed by atoms with E-state index in [4.69, 9.17) is 5.11 Å². The van der Waals surface area contributed by atoms with Crippen molar-refractivity contribution < 1.29 is 5.11 Å². The largest absolute Gasteiger partial charge is 0.396 e. The number of nitrogens with one attached hydrogen (secondary N) is 1. The Hall–Kier alpha value is -1.36. The second-order valence-corrected chi connectivity index (χ2v) is 3.88. The van der Waals surface area contributed by atoms with Gasteiger partial charge < -0.3 is 15.0 Å². The van der Waals surface area contributed by atoms with Gasteiger partial charge >= 0.3 is 0 Å². The van der Waals surface area contributed by atoms with Crippen LogP contribution < -0.4 is 10.5 Å². The van der Waals surface area contributed by atoms with Gasteiger partial charge in [0.25, 0.3) is 5.56 Å². The van der Waals surface area contributed by atoms with Gasteiger partial charge in [-0.15, -0.1) is 0 Å². The monoisotopic (exact) mass is 209 g/mol. The number of aromatic amines is 1. The first-order chi connectivity index (χ1) is 7.29. The van der Waals surface area contributed by atoms with Crippen molar-refractivity contribution in [2.24, 2.45) is 5.92 Å². The number of nitrogens with zero attached hydrogens (tertiary/aromatic N) is 2. The molecule has 0 saturated carbocycles. The van der Waals surface area contributed by atoms with Crippen molar-refractivity contribution in [3.63, 3.8) is 0 Å². The number of aromatic nitrogens is 2. The van der Waals surface area contributed by atoms with Crippen LogP contribution in [0.4, 0.5) is 5.82 Å². The van der Waals surface area contributed by atoms with E-state index in [1.165, 1.54) is 12.4 Å². The van der Waals surface area contributed by atoms with Crippen LogP contribution in [-0.2, 0) is 0 Å².